The Balaban J connectivity index is 1.87. The van der Waals surface area contributed by atoms with E-state index in [9.17, 15) is 0 Å². The average Bonchev–Trinajstić information content (AvgIpc) is 2.89. The number of benzene rings is 1. The predicted octanol–water partition coefficient (Wildman–Crippen LogP) is 4.39. The zero-order chi connectivity index (χ0) is 13.4. The van der Waals surface area contributed by atoms with Crippen molar-refractivity contribution < 1.29 is 0 Å². The summed E-state index contributed by atoms with van der Waals surface area (Å²) in [4.78, 5) is 5.67. The Morgan fingerprint density at radius 3 is 2.74 bits per heavy atom. The lowest BCUT2D eigenvalue weighted by Gasteiger charge is -2.07. The number of fused-ring (bicyclic) bond motifs is 1. The highest BCUT2D eigenvalue weighted by atomic mass is 79.9. The van der Waals surface area contributed by atoms with Gasteiger partial charge in [-0.1, -0.05) is 15.9 Å². The molecule has 3 nitrogen and oxygen atoms in total. The number of aryl methyl sites for hydroxylation is 2. The highest BCUT2D eigenvalue weighted by Gasteiger charge is 2.11. The van der Waals surface area contributed by atoms with Crippen molar-refractivity contribution in [2.45, 2.75) is 20.4 Å². The first-order valence-electron chi connectivity index (χ1n) is 6.06. The molecular formula is C14H14BrN3S. The van der Waals surface area contributed by atoms with Gasteiger partial charge in [0.25, 0.3) is 0 Å². The number of nitrogens with zero attached hydrogens (tertiary/aromatic N) is 2. The standard InChI is InChI=1S/C14H14BrN3S/c1-9-8-19-14-17-10(2)13(18(9)14)7-16-12-5-3-11(15)4-6-12/h3-6,8,16H,7H2,1-2H3. The van der Waals surface area contributed by atoms with E-state index in [0.29, 0.717) is 0 Å². The maximum atomic E-state index is 4.59. The number of hydrogen-bond acceptors (Lipinski definition) is 3. The lowest BCUT2D eigenvalue weighted by molar-refractivity contribution is 0.966. The highest BCUT2D eigenvalue weighted by molar-refractivity contribution is 9.10. The number of hydrogen-bond donors (Lipinski definition) is 1. The zero-order valence-corrected chi connectivity index (χ0v) is 13.2. The van der Waals surface area contributed by atoms with Gasteiger partial charge in [0.2, 0.25) is 0 Å². The van der Waals surface area contributed by atoms with E-state index in [4.69, 9.17) is 0 Å². The summed E-state index contributed by atoms with van der Waals surface area (Å²) in [6, 6.07) is 8.21. The van der Waals surface area contributed by atoms with Gasteiger partial charge >= 0.3 is 0 Å². The van der Waals surface area contributed by atoms with E-state index in [1.54, 1.807) is 11.3 Å². The quantitative estimate of drug-likeness (QED) is 0.769. The van der Waals surface area contributed by atoms with Gasteiger partial charge in [-0.3, -0.25) is 4.40 Å². The number of halogens is 1. The minimum Gasteiger partial charge on any atom is -0.379 e. The van der Waals surface area contributed by atoms with E-state index in [1.807, 2.05) is 12.1 Å². The van der Waals surface area contributed by atoms with Crippen molar-refractivity contribution in [1.82, 2.24) is 9.38 Å². The Hall–Kier alpha value is -1.33. The normalized spacial score (nSPS) is 11.1. The van der Waals surface area contributed by atoms with Crippen molar-refractivity contribution in [3.05, 3.63) is 51.2 Å². The van der Waals surface area contributed by atoms with Crippen LogP contribution in [0.4, 0.5) is 5.69 Å². The van der Waals surface area contributed by atoms with Gasteiger partial charge in [-0.2, -0.15) is 0 Å². The lowest BCUT2D eigenvalue weighted by Crippen LogP contribution is -2.04. The minimum absolute atomic E-state index is 0.784. The van der Waals surface area contributed by atoms with E-state index in [0.717, 1.165) is 27.4 Å². The molecule has 3 aromatic rings. The Labute approximate surface area is 124 Å². The van der Waals surface area contributed by atoms with Gasteiger partial charge in [0.15, 0.2) is 4.96 Å². The molecule has 0 fully saturated rings. The molecule has 0 saturated carbocycles. The largest absolute Gasteiger partial charge is 0.379 e. The first-order valence-corrected chi connectivity index (χ1v) is 7.74. The fourth-order valence-corrected chi connectivity index (χ4v) is 3.32. The number of rotatable bonds is 3. The van der Waals surface area contributed by atoms with Crippen LogP contribution < -0.4 is 5.32 Å². The van der Waals surface area contributed by atoms with E-state index in [2.05, 4.69) is 62.0 Å². The third-order valence-corrected chi connectivity index (χ3v) is 4.61. The number of nitrogens with one attached hydrogen (secondary N) is 1. The van der Waals surface area contributed by atoms with Crippen LogP contribution in [0.15, 0.2) is 34.1 Å². The van der Waals surface area contributed by atoms with Crippen molar-refractivity contribution >= 4 is 37.9 Å². The molecule has 98 valence electrons. The SMILES string of the molecule is Cc1nc2scc(C)n2c1CNc1ccc(Br)cc1. The molecule has 19 heavy (non-hydrogen) atoms. The van der Waals surface area contributed by atoms with Crippen LogP contribution >= 0.6 is 27.3 Å². The first-order chi connectivity index (χ1) is 9.15. The third-order valence-electron chi connectivity index (χ3n) is 3.13. The van der Waals surface area contributed by atoms with Gasteiger partial charge in [-0.15, -0.1) is 11.3 Å². The van der Waals surface area contributed by atoms with Crippen molar-refractivity contribution in [3.63, 3.8) is 0 Å². The molecule has 1 aromatic carbocycles. The topological polar surface area (TPSA) is 29.3 Å². The number of thiazole rings is 1. The van der Waals surface area contributed by atoms with Gasteiger partial charge in [-0.05, 0) is 38.1 Å². The molecule has 0 bridgehead atoms. The van der Waals surface area contributed by atoms with Crippen LogP contribution in [0.2, 0.25) is 0 Å². The molecule has 0 unspecified atom stereocenters. The number of anilines is 1. The molecule has 0 aliphatic heterocycles. The van der Waals surface area contributed by atoms with E-state index < -0.39 is 0 Å². The number of imidazole rings is 1. The maximum absolute atomic E-state index is 4.59. The van der Waals surface area contributed by atoms with Gasteiger partial charge in [-0.25, -0.2) is 4.98 Å². The molecule has 1 N–H and O–H groups in total. The molecule has 2 aromatic heterocycles. The van der Waals surface area contributed by atoms with Crippen LogP contribution in [-0.2, 0) is 6.54 Å². The molecule has 0 atom stereocenters. The summed E-state index contributed by atoms with van der Waals surface area (Å²) in [5.41, 5.74) is 4.69. The summed E-state index contributed by atoms with van der Waals surface area (Å²) in [6.45, 7) is 4.97. The molecule has 0 radical (unpaired) electrons. The molecule has 0 aliphatic rings. The Morgan fingerprint density at radius 2 is 2.00 bits per heavy atom. The summed E-state index contributed by atoms with van der Waals surface area (Å²) in [5, 5.41) is 5.59. The third kappa shape index (κ3) is 2.40. The van der Waals surface area contributed by atoms with Crippen molar-refractivity contribution in [2.24, 2.45) is 0 Å². The zero-order valence-electron chi connectivity index (χ0n) is 10.8. The van der Waals surface area contributed by atoms with Crippen LogP contribution in [-0.4, -0.2) is 9.38 Å². The molecule has 0 amide bonds. The van der Waals surface area contributed by atoms with Crippen LogP contribution in [0.25, 0.3) is 4.96 Å². The van der Waals surface area contributed by atoms with Gasteiger partial charge in [0.05, 0.1) is 17.9 Å². The van der Waals surface area contributed by atoms with Gasteiger partial charge in [0.1, 0.15) is 0 Å². The van der Waals surface area contributed by atoms with E-state index in [-0.39, 0.29) is 0 Å². The Morgan fingerprint density at radius 1 is 1.26 bits per heavy atom. The van der Waals surface area contributed by atoms with Crippen LogP contribution in [0.1, 0.15) is 17.1 Å². The van der Waals surface area contributed by atoms with Crippen LogP contribution in [0, 0.1) is 13.8 Å². The van der Waals surface area contributed by atoms with Crippen molar-refractivity contribution in [1.29, 1.82) is 0 Å². The minimum atomic E-state index is 0.784. The monoisotopic (exact) mass is 335 g/mol. The molecule has 0 aliphatic carbocycles. The summed E-state index contributed by atoms with van der Waals surface area (Å²) in [6.07, 6.45) is 0. The first kappa shape index (κ1) is 12.7. The molecular weight excluding hydrogens is 322 g/mol. The second-order valence-corrected chi connectivity index (χ2v) is 6.25. The summed E-state index contributed by atoms with van der Waals surface area (Å²) in [5.74, 6) is 0. The second kappa shape index (κ2) is 4.98. The van der Waals surface area contributed by atoms with Crippen molar-refractivity contribution in [2.75, 3.05) is 5.32 Å². The fourth-order valence-electron chi connectivity index (χ4n) is 2.13. The summed E-state index contributed by atoms with van der Waals surface area (Å²) >= 11 is 5.13. The van der Waals surface area contributed by atoms with Crippen LogP contribution in [0.5, 0.6) is 0 Å². The lowest BCUT2D eigenvalue weighted by atomic mass is 10.3. The molecule has 2 heterocycles. The van der Waals surface area contributed by atoms with Crippen LogP contribution in [0.3, 0.4) is 0 Å². The fraction of sp³-hybridized carbons (Fsp3) is 0.214. The van der Waals surface area contributed by atoms with Gasteiger partial charge < -0.3 is 5.32 Å². The average molecular weight is 336 g/mol. The maximum Gasteiger partial charge on any atom is 0.194 e. The van der Waals surface area contributed by atoms with Gasteiger partial charge in [0, 0.05) is 21.2 Å². The molecule has 0 spiro atoms. The summed E-state index contributed by atoms with van der Waals surface area (Å²) < 4.78 is 3.32. The van der Waals surface area contributed by atoms with E-state index in [1.165, 1.54) is 11.4 Å². The smallest absolute Gasteiger partial charge is 0.194 e. The summed E-state index contributed by atoms with van der Waals surface area (Å²) in [7, 11) is 0. The molecule has 3 rings (SSSR count). The van der Waals surface area contributed by atoms with Crippen molar-refractivity contribution in [3.8, 4) is 0 Å². The van der Waals surface area contributed by atoms with E-state index >= 15 is 0 Å². The Kier molecular flexibility index (Phi) is 3.33. The highest BCUT2D eigenvalue weighted by Crippen LogP contribution is 2.21. The molecule has 0 saturated heterocycles. The molecule has 5 heteroatoms. The number of aromatic nitrogens is 2. The Bertz CT molecular complexity index is 712. The second-order valence-electron chi connectivity index (χ2n) is 4.50. The predicted molar refractivity (Wildman–Crippen MR) is 84.0 cm³/mol.